The van der Waals surface area contributed by atoms with Crippen LogP contribution >= 0.6 is 11.8 Å². The third-order valence-corrected chi connectivity index (χ3v) is 7.43. The molecule has 6 amide bonds. The van der Waals surface area contributed by atoms with Gasteiger partial charge >= 0.3 is 24.0 Å². The number of carboxylic acids is 1. The van der Waals surface area contributed by atoms with Crippen molar-refractivity contribution in [2.75, 3.05) is 37.8 Å². The summed E-state index contributed by atoms with van der Waals surface area (Å²) in [5.41, 5.74) is 0.887. The molecule has 3 heterocycles. The fourth-order valence-corrected chi connectivity index (χ4v) is 5.52. The van der Waals surface area contributed by atoms with Gasteiger partial charge in [-0.25, -0.2) is 19.3 Å². The third-order valence-electron chi connectivity index (χ3n) is 6.09. The van der Waals surface area contributed by atoms with E-state index >= 15 is 0 Å². The summed E-state index contributed by atoms with van der Waals surface area (Å²) in [5, 5.41) is 14.3. The lowest BCUT2D eigenvalue weighted by molar-refractivity contribution is -0.151. The molecule has 2 atom stereocenters. The molecular weight excluding hydrogens is 506 g/mol. The lowest BCUT2D eigenvalue weighted by Crippen LogP contribution is -2.70. The molecule has 3 aliphatic rings. The number of carbonyl (C=O) groups is 6. The highest BCUT2D eigenvalue weighted by Crippen LogP contribution is 2.40. The molecule has 0 aromatic heterocycles. The van der Waals surface area contributed by atoms with Crippen LogP contribution in [0.1, 0.15) is 12.5 Å². The molecule has 0 bridgehead atoms. The summed E-state index contributed by atoms with van der Waals surface area (Å²) in [6, 6.07) is 4.65. The highest BCUT2D eigenvalue weighted by atomic mass is 32.2. The Kier molecular flexibility index (Phi) is 7.38. The molecule has 4 rings (SSSR count). The summed E-state index contributed by atoms with van der Waals surface area (Å²) in [6.07, 6.45) is -0.162. The van der Waals surface area contributed by atoms with Gasteiger partial charge in [0.25, 0.3) is 5.91 Å². The van der Waals surface area contributed by atoms with Gasteiger partial charge in [0.15, 0.2) is 0 Å². The highest BCUT2D eigenvalue weighted by Gasteiger charge is 2.54. The predicted molar refractivity (Wildman–Crippen MR) is 130 cm³/mol. The van der Waals surface area contributed by atoms with E-state index in [1.54, 1.807) is 31.3 Å². The SMILES string of the molecule is CC(=O)OCC1=C(C(=O)O)N2C(=O)C(NC(=O)Cc3ccccc3NC(=O)N3CCN(C)C3=O)[C@H]2SC1. The zero-order chi connectivity index (χ0) is 26.9. The van der Waals surface area contributed by atoms with Gasteiger partial charge in [0, 0.05) is 44.1 Å². The summed E-state index contributed by atoms with van der Waals surface area (Å²) in [5.74, 6) is -2.75. The number of urea groups is 2. The number of nitrogens with zero attached hydrogens (tertiary/aromatic N) is 3. The van der Waals surface area contributed by atoms with Crippen molar-refractivity contribution >= 4 is 53.3 Å². The topological polar surface area (TPSA) is 166 Å². The minimum absolute atomic E-state index is 0.162. The summed E-state index contributed by atoms with van der Waals surface area (Å²) >= 11 is 1.26. The van der Waals surface area contributed by atoms with Gasteiger partial charge in [-0.15, -0.1) is 11.8 Å². The van der Waals surface area contributed by atoms with Crippen LogP contribution in [0.3, 0.4) is 0 Å². The minimum Gasteiger partial charge on any atom is -0.477 e. The van der Waals surface area contributed by atoms with Crippen molar-refractivity contribution in [1.29, 1.82) is 0 Å². The van der Waals surface area contributed by atoms with E-state index < -0.39 is 47.2 Å². The number of β-lactam (4-membered cyclic amide) rings is 1. The maximum absolute atomic E-state index is 12.8. The lowest BCUT2D eigenvalue weighted by atomic mass is 10.0. The second-order valence-electron chi connectivity index (χ2n) is 8.61. The Bertz CT molecular complexity index is 1220. The Hall–Kier alpha value is -4.07. The fraction of sp³-hybridized carbons (Fsp3) is 0.391. The van der Waals surface area contributed by atoms with Crippen molar-refractivity contribution in [3.8, 4) is 0 Å². The number of likely N-dealkylation sites (N-methyl/N-ethyl adjacent to an activating group) is 1. The average Bonchev–Trinajstić information content (AvgIpc) is 3.19. The number of fused-ring (bicyclic) bond motifs is 1. The molecule has 13 nitrogen and oxygen atoms in total. The van der Waals surface area contributed by atoms with Crippen molar-refractivity contribution in [2.45, 2.75) is 24.8 Å². The molecule has 0 aliphatic carbocycles. The molecule has 37 heavy (non-hydrogen) atoms. The van der Waals surface area contributed by atoms with Gasteiger partial charge in [-0.2, -0.15) is 0 Å². The van der Waals surface area contributed by atoms with E-state index in [-0.39, 0.29) is 31.0 Å². The largest absolute Gasteiger partial charge is 0.477 e. The Labute approximate surface area is 215 Å². The maximum atomic E-state index is 12.8. The van der Waals surface area contributed by atoms with E-state index in [0.717, 1.165) is 9.80 Å². The number of amides is 6. The van der Waals surface area contributed by atoms with Crippen molar-refractivity contribution in [2.24, 2.45) is 0 Å². The van der Waals surface area contributed by atoms with Gasteiger partial charge in [0.2, 0.25) is 5.91 Å². The summed E-state index contributed by atoms with van der Waals surface area (Å²) < 4.78 is 4.91. The van der Waals surface area contributed by atoms with E-state index in [9.17, 15) is 33.9 Å². The number of hydrogen-bond acceptors (Lipinski definition) is 8. The van der Waals surface area contributed by atoms with Crippen LogP contribution in [-0.4, -0.2) is 99.5 Å². The average molecular weight is 532 g/mol. The Balaban J connectivity index is 1.40. The Morgan fingerprint density at radius 2 is 1.89 bits per heavy atom. The molecule has 0 saturated carbocycles. The number of nitrogens with one attached hydrogen (secondary N) is 2. The number of ether oxygens (including phenoxy) is 1. The summed E-state index contributed by atoms with van der Waals surface area (Å²) in [7, 11) is 1.59. The molecule has 1 aromatic carbocycles. The number of aliphatic carboxylic acids is 1. The quantitative estimate of drug-likeness (QED) is 0.334. The third kappa shape index (κ3) is 5.23. The molecule has 2 saturated heterocycles. The number of carbonyl (C=O) groups excluding carboxylic acids is 5. The monoisotopic (exact) mass is 531 g/mol. The smallest absolute Gasteiger partial charge is 0.352 e. The van der Waals surface area contributed by atoms with E-state index in [0.29, 0.717) is 23.4 Å². The lowest BCUT2D eigenvalue weighted by Gasteiger charge is -2.49. The van der Waals surface area contributed by atoms with Crippen LogP contribution in [0.4, 0.5) is 15.3 Å². The highest BCUT2D eigenvalue weighted by molar-refractivity contribution is 8.00. The van der Waals surface area contributed by atoms with Crippen LogP contribution in [0.25, 0.3) is 0 Å². The number of imide groups is 1. The van der Waals surface area contributed by atoms with Crippen LogP contribution in [0.15, 0.2) is 35.5 Å². The molecular formula is C23H25N5O8S. The van der Waals surface area contributed by atoms with Crippen LogP contribution in [0, 0.1) is 0 Å². The second-order valence-corrected chi connectivity index (χ2v) is 9.72. The molecule has 3 N–H and O–H groups in total. The number of thioether (sulfide) groups is 1. The zero-order valence-electron chi connectivity index (χ0n) is 20.1. The Morgan fingerprint density at radius 1 is 1.16 bits per heavy atom. The number of para-hydroxylation sites is 1. The standard InChI is InChI=1S/C23H25N5O8S/c1-12(29)36-10-14-11-37-20-17(19(31)28(20)18(14)21(32)33)25-16(30)9-13-5-3-4-6-15(13)24-22(34)27-8-7-26(2)23(27)35/h3-6,17,20H,7-11H2,1-2H3,(H,24,34)(H,25,30)(H,32,33)/t17?,20-/m1/s1. The van der Waals surface area contributed by atoms with Crippen LogP contribution in [0.5, 0.6) is 0 Å². The minimum atomic E-state index is -1.32. The van der Waals surface area contributed by atoms with E-state index in [1.165, 1.54) is 23.6 Å². The second kappa shape index (κ2) is 10.5. The number of hydrogen-bond donors (Lipinski definition) is 3. The first kappa shape index (κ1) is 26.0. The van der Waals surface area contributed by atoms with Crippen molar-refractivity contribution < 1.29 is 38.6 Å². The molecule has 196 valence electrons. The molecule has 0 radical (unpaired) electrons. The molecule has 1 unspecified atom stereocenters. The van der Waals surface area contributed by atoms with Crippen LogP contribution < -0.4 is 10.6 Å². The van der Waals surface area contributed by atoms with Gasteiger partial charge in [-0.05, 0) is 11.6 Å². The van der Waals surface area contributed by atoms with E-state index in [2.05, 4.69) is 10.6 Å². The first-order valence-electron chi connectivity index (χ1n) is 11.3. The molecule has 2 fully saturated rings. The number of benzene rings is 1. The van der Waals surface area contributed by atoms with Crippen molar-refractivity contribution in [3.63, 3.8) is 0 Å². The maximum Gasteiger partial charge on any atom is 0.352 e. The predicted octanol–water partition coefficient (Wildman–Crippen LogP) is 0.430. The number of esters is 1. The van der Waals surface area contributed by atoms with Gasteiger partial charge < -0.3 is 25.4 Å². The molecule has 0 spiro atoms. The summed E-state index contributed by atoms with van der Waals surface area (Å²) in [4.78, 5) is 76.8. The molecule has 14 heteroatoms. The van der Waals surface area contributed by atoms with Crippen molar-refractivity contribution in [1.82, 2.24) is 20.0 Å². The first-order valence-corrected chi connectivity index (χ1v) is 12.4. The molecule has 3 aliphatic heterocycles. The Morgan fingerprint density at radius 3 is 2.54 bits per heavy atom. The van der Waals surface area contributed by atoms with E-state index in [4.69, 9.17) is 4.74 Å². The van der Waals surface area contributed by atoms with Crippen LogP contribution in [0.2, 0.25) is 0 Å². The number of carboxylic acid groups (broad SMARTS) is 1. The normalized spacial score (nSPS) is 20.9. The van der Waals surface area contributed by atoms with Gasteiger partial charge in [-0.1, -0.05) is 18.2 Å². The summed E-state index contributed by atoms with van der Waals surface area (Å²) in [6.45, 7) is 1.64. The molecule has 1 aromatic rings. The van der Waals surface area contributed by atoms with E-state index in [1.807, 2.05) is 0 Å². The number of rotatable bonds is 7. The van der Waals surface area contributed by atoms with Gasteiger partial charge in [-0.3, -0.25) is 19.3 Å². The van der Waals surface area contributed by atoms with Gasteiger partial charge in [0.1, 0.15) is 23.7 Å². The van der Waals surface area contributed by atoms with Crippen LogP contribution in [-0.2, 0) is 30.3 Å². The van der Waals surface area contributed by atoms with Gasteiger partial charge in [0.05, 0.1) is 6.42 Å². The number of anilines is 1. The first-order chi connectivity index (χ1) is 17.6. The van der Waals surface area contributed by atoms with Crippen molar-refractivity contribution in [3.05, 3.63) is 41.1 Å². The fourth-order valence-electron chi connectivity index (χ4n) is 4.20. The zero-order valence-corrected chi connectivity index (χ0v) is 20.9.